The van der Waals surface area contributed by atoms with Crippen molar-refractivity contribution in [3.63, 3.8) is 0 Å². The Kier molecular flexibility index (Phi) is 2.64. The maximum absolute atomic E-state index is 14.1. The molecule has 2 amide bonds. The van der Waals surface area contributed by atoms with Crippen LogP contribution in [-0.4, -0.2) is 23.2 Å². The Morgan fingerprint density at radius 3 is 3.05 bits per heavy atom. The zero-order chi connectivity index (χ0) is 13.8. The number of halogens is 2. The topological polar surface area (TPSA) is 41.6 Å². The third-order valence-electron chi connectivity index (χ3n) is 3.78. The molecule has 2 heterocycles. The summed E-state index contributed by atoms with van der Waals surface area (Å²) in [6.45, 7) is 4.25. The predicted molar refractivity (Wildman–Crippen MR) is 68.7 cm³/mol. The molecule has 1 aromatic carbocycles. The molecule has 1 aromatic rings. The third kappa shape index (κ3) is 1.68. The van der Waals surface area contributed by atoms with Crippen LogP contribution in [0.1, 0.15) is 31.9 Å². The Morgan fingerprint density at radius 1 is 1.63 bits per heavy atom. The fraction of sp³-hybridized carbons (Fsp3) is 0.462. The van der Waals surface area contributed by atoms with E-state index in [9.17, 15) is 9.18 Å². The molecule has 0 saturated carbocycles. The largest absolute Gasteiger partial charge is 0.468 e. The van der Waals surface area contributed by atoms with Crippen LogP contribution < -0.4 is 10.1 Å². The lowest BCUT2D eigenvalue weighted by molar-refractivity contribution is -0.0823. The quantitative estimate of drug-likeness (QED) is 0.861. The van der Waals surface area contributed by atoms with Gasteiger partial charge in [0.25, 0.3) is 0 Å². The molecule has 0 spiro atoms. The molecule has 6 heteroatoms. The highest BCUT2D eigenvalue weighted by Gasteiger charge is 2.49. The summed E-state index contributed by atoms with van der Waals surface area (Å²) in [5, 5.41) is 2.85. The summed E-state index contributed by atoms with van der Waals surface area (Å²) >= 11 is 5.80. The van der Waals surface area contributed by atoms with Gasteiger partial charge in [-0.15, -0.1) is 0 Å². The Labute approximate surface area is 115 Å². The number of ether oxygens (including phenoxy) is 1. The first-order valence-electron chi connectivity index (χ1n) is 6.21. The summed E-state index contributed by atoms with van der Waals surface area (Å²) in [7, 11) is 0. The molecule has 19 heavy (non-hydrogen) atoms. The number of benzene rings is 1. The minimum Gasteiger partial charge on any atom is -0.468 e. The van der Waals surface area contributed by atoms with Gasteiger partial charge in [0.15, 0.2) is 11.5 Å². The second-order valence-corrected chi connectivity index (χ2v) is 5.41. The van der Waals surface area contributed by atoms with Crippen molar-refractivity contribution in [1.29, 1.82) is 0 Å². The van der Waals surface area contributed by atoms with Gasteiger partial charge in [-0.3, -0.25) is 4.90 Å². The second-order valence-electron chi connectivity index (χ2n) is 5.00. The minimum atomic E-state index is -0.741. The van der Waals surface area contributed by atoms with Gasteiger partial charge in [0.1, 0.15) is 5.75 Å². The number of hydrogen-bond acceptors (Lipinski definition) is 2. The number of hydrogen-bond donors (Lipinski definition) is 1. The zero-order valence-corrected chi connectivity index (χ0v) is 11.4. The molecule has 1 saturated heterocycles. The average Bonchev–Trinajstić information content (AvgIpc) is 2.33. The monoisotopic (exact) mass is 284 g/mol. The van der Waals surface area contributed by atoms with Crippen molar-refractivity contribution < 1.29 is 13.9 Å². The van der Waals surface area contributed by atoms with Crippen molar-refractivity contribution in [1.82, 2.24) is 10.2 Å². The van der Waals surface area contributed by atoms with E-state index in [2.05, 4.69) is 5.32 Å². The zero-order valence-electron chi connectivity index (χ0n) is 10.7. The minimum absolute atomic E-state index is 0.0399. The van der Waals surface area contributed by atoms with Crippen LogP contribution in [0.5, 0.6) is 5.75 Å². The highest BCUT2D eigenvalue weighted by Crippen LogP contribution is 2.46. The molecule has 2 aliphatic rings. The smallest absolute Gasteiger partial charge is 0.320 e. The van der Waals surface area contributed by atoms with E-state index in [0.29, 0.717) is 24.3 Å². The summed E-state index contributed by atoms with van der Waals surface area (Å²) in [4.78, 5) is 13.6. The summed E-state index contributed by atoms with van der Waals surface area (Å²) < 4.78 is 20.0. The number of nitrogens with one attached hydrogen (secondary N) is 1. The van der Waals surface area contributed by atoms with Crippen LogP contribution in [0.15, 0.2) is 12.1 Å². The van der Waals surface area contributed by atoms with Crippen molar-refractivity contribution in [2.24, 2.45) is 0 Å². The van der Waals surface area contributed by atoms with E-state index in [1.54, 1.807) is 11.0 Å². The first kappa shape index (κ1) is 12.5. The van der Waals surface area contributed by atoms with Gasteiger partial charge < -0.3 is 10.1 Å². The number of carbonyl (C=O) groups is 1. The lowest BCUT2D eigenvalue weighted by atomic mass is 9.90. The number of nitrogens with zero attached hydrogens (tertiary/aromatic N) is 1. The molecule has 2 aliphatic heterocycles. The van der Waals surface area contributed by atoms with Crippen molar-refractivity contribution in [2.45, 2.75) is 32.0 Å². The standard InChI is InChI=1S/C13H14ClFN2O2/c1-3-17-12(18)16-8-6-13(17,2)19-9-5-4-7(14)11(15)10(8)9/h4-5,8H,3,6H2,1-2H3,(H,16,18). The maximum Gasteiger partial charge on any atom is 0.320 e. The predicted octanol–water partition coefficient (Wildman–Crippen LogP) is 3.06. The van der Waals surface area contributed by atoms with Gasteiger partial charge in [-0.05, 0) is 26.0 Å². The molecule has 2 atom stereocenters. The first-order valence-corrected chi connectivity index (χ1v) is 6.59. The maximum atomic E-state index is 14.1. The van der Waals surface area contributed by atoms with Crippen LogP contribution in [0, 0.1) is 5.82 Å². The van der Waals surface area contributed by atoms with Gasteiger partial charge in [-0.1, -0.05) is 11.6 Å². The summed E-state index contributed by atoms with van der Waals surface area (Å²) in [5.74, 6) is -0.0736. The number of amides is 2. The molecule has 3 rings (SSSR count). The fourth-order valence-electron chi connectivity index (χ4n) is 2.93. The van der Waals surface area contributed by atoms with Crippen molar-refractivity contribution in [2.75, 3.05) is 6.54 Å². The van der Waals surface area contributed by atoms with Crippen molar-refractivity contribution in [3.8, 4) is 5.75 Å². The normalized spacial score (nSPS) is 28.5. The van der Waals surface area contributed by atoms with Crippen LogP contribution >= 0.6 is 11.6 Å². The van der Waals surface area contributed by atoms with Crippen molar-refractivity contribution in [3.05, 3.63) is 28.5 Å². The van der Waals surface area contributed by atoms with Crippen molar-refractivity contribution >= 4 is 17.6 Å². The summed E-state index contributed by atoms with van der Waals surface area (Å²) in [6.07, 6.45) is 0.497. The number of carbonyl (C=O) groups excluding carboxylic acids is 1. The molecule has 1 N–H and O–H groups in total. The highest BCUT2D eigenvalue weighted by atomic mass is 35.5. The molecular formula is C13H14ClFN2O2. The number of urea groups is 1. The van der Waals surface area contributed by atoms with E-state index in [0.717, 1.165) is 0 Å². The number of rotatable bonds is 1. The molecule has 2 unspecified atom stereocenters. The van der Waals surface area contributed by atoms with Crippen LogP contribution in [-0.2, 0) is 0 Å². The van der Waals surface area contributed by atoms with Gasteiger partial charge >= 0.3 is 6.03 Å². The lowest BCUT2D eigenvalue weighted by Crippen LogP contribution is -2.64. The van der Waals surface area contributed by atoms with Gasteiger partial charge in [0.2, 0.25) is 0 Å². The Hall–Kier alpha value is -1.49. The molecule has 4 nitrogen and oxygen atoms in total. The van der Waals surface area contributed by atoms with Gasteiger partial charge in [-0.2, -0.15) is 0 Å². The Morgan fingerprint density at radius 2 is 2.37 bits per heavy atom. The van der Waals surface area contributed by atoms with Crippen LogP contribution in [0.4, 0.5) is 9.18 Å². The lowest BCUT2D eigenvalue weighted by Gasteiger charge is -2.50. The second kappa shape index (κ2) is 4.00. The van der Waals surface area contributed by atoms with Crippen LogP contribution in [0.25, 0.3) is 0 Å². The van der Waals surface area contributed by atoms with Gasteiger partial charge in [0, 0.05) is 13.0 Å². The molecule has 0 radical (unpaired) electrons. The molecule has 1 fully saturated rings. The Bertz CT molecular complexity index is 566. The first-order chi connectivity index (χ1) is 8.96. The van der Waals surface area contributed by atoms with E-state index in [1.807, 2.05) is 13.8 Å². The fourth-order valence-corrected chi connectivity index (χ4v) is 3.09. The average molecular weight is 285 g/mol. The summed E-state index contributed by atoms with van der Waals surface area (Å²) in [6, 6.07) is 2.48. The van der Waals surface area contributed by atoms with Crippen LogP contribution in [0.3, 0.4) is 0 Å². The molecule has 0 aromatic heterocycles. The van der Waals surface area contributed by atoms with E-state index >= 15 is 0 Å². The SMILES string of the molecule is CCN1C(=O)NC2CC1(C)Oc1ccc(Cl)c(F)c12. The van der Waals surface area contributed by atoms with Crippen LogP contribution in [0.2, 0.25) is 5.02 Å². The van der Waals surface area contributed by atoms with Gasteiger partial charge in [-0.25, -0.2) is 9.18 Å². The highest BCUT2D eigenvalue weighted by molar-refractivity contribution is 6.30. The molecular weight excluding hydrogens is 271 g/mol. The van der Waals surface area contributed by atoms with E-state index < -0.39 is 17.6 Å². The van der Waals surface area contributed by atoms with E-state index in [1.165, 1.54) is 6.07 Å². The number of fused-ring (bicyclic) bond motifs is 4. The molecule has 2 bridgehead atoms. The third-order valence-corrected chi connectivity index (χ3v) is 4.08. The van der Waals surface area contributed by atoms with Gasteiger partial charge in [0.05, 0.1) is 16.6 Å². The summed E-state index contributed by atoms with van der Waals surface area (Å²) in [5.41, 5.74) is -0.399. The van der Waals surface area contributed by atoms with E-state index in [-0.39, 0.29) is 11.1 Å². The Balaban J connectivity index is 2.13. The molecule has 0 aliphatic carbocycles. The molecule has 102 valence electrons. The van der Waals surface area contributed by atoms with E-state index in [4.69, 9.17) is 16.3 Å².